The largest absolute Gasteiger partial charge is 0.449 e. The van der Waals surface area contributed by atoms with Crippen molar-refractivity contribution in [3.63, 3.8) is 0 Å². The zero-order chi connectivity index (χ0) is 16.8. The summed E-state index contributed by atoms with van der Waals surface area (Å²) >= 11 is 0. The molecule has 1 saturated heterocycles. The fraction of sp³-hybridized carbons (Fsp3) is 0.333. The molecular formula is C15H16N2O6. The lowest BCUT2D eigenvalue weighted by atomic mass is 10.2. The number of carbonyl (C=O) groups excluding carboxylic acids is 4. The standard InChI is InChI=1S/C15H16N2O6/c1-2-22-15(21)17-12(18)8-11(13(17)19)16-14(20)23-9-10-6-4-3-5-7-10/h3-7,11H,2,8-9H2,1H3,(H,16,20). The number of imide groups is 3. The smallest absolute Gasteiger partial charge is 0.423 e. The number of ether oxygens (including phenoxy) is 2. The summed E-state index contributed by atoms with van der Waals surface area (Å²) in [7, 11) is 0. The average molecular weight is 320 g/mol. The SMILES string of the molecule is CCOC(=O)N1C(=O)CC(NC(=O)OCc2ccccc2)C1=O. The highest BCUT2D eigenvalue weighted by atomic mass is 16.6. The fourth-order valence-electron chi connectivity index (χ4n) is 2.03. The Balaban J connectivity index is 1.88. The van der Waals surface area contributed by atoms with E-state index >= 15 is 0 Å². The molecule has 1 aliphatic rings. The van der Waals surface area contributed by atoms with Crippen molar-refractivity contribution < 1.29 is 28.7 Å². The highest BCUT2D eigenvalue weighted by molar-refractivity contribution is 6.16. The summed E-state index contributed by atoms with van der Waals surface area (Å²) < 4.78 is 9.60. The second-order valence-electron chi connectivity index (χ2n) is 4.73. The lowest BCUT2D eigenvalue weighted by Crippen LogP contribution is -2.44. The second kappa shape index (κ2) is 7.39. The van der Waals surface area contributed by atoms with Crippen molar-refractivity contribution >= 4 is 24.0 Å². The van der Waals surface area contributed by atoms with E-state index in [1.807, 2.05) is 6.07 Å². The van der Waals surface area contributed by atoms with Gasteiger partial charge in [-0.05, 0) is 12.5 Å². The van der Waals surface area contributed by atoms with Crippen LogP contribution in [0.1, 0.15) is 18.9 Å². The van der Waals surface area contributed by atoms with Gasteiger partial charge in [-0.2, -0.15) is 4.90 Å². The molecule has 1 unspecified atom stereocenters. The van der Waals surface area contributed by atoms with Crippen LogP contribution in [0.2, 0.25) is 0 Å². The third kappa shape index (κ3) is 4.06. The Morgan fingerprint density at radius 3 is 2.57 bits per heavy atom. The maximum absolute atomic E-state index is 12.0. The molecule has 0 radical (unpaired) electrons. The van der Waals surface area contributed by atoms with Crippen molar-refractivity contribution in [1.82, 2.24) is 10.2 Å². The molecule has 1 fully saturated rings. The number of nitrogens with zero attached hydrogens (tertiary/aromatic N) is 1. The van der Waals surface area contributed by atoms with E-state index in [2.05, 4.69) is 10.1 Å². The Kier molecular flexibility index (Phi) is 5.29. The van der Waals surface area contributed by atoms with Crippen molar-refractivity contribution in [3.05, 3.63) is 35.9 Å². The predicted octanol–water partition coefficient (Wildman–Crippen LogP) is 1.20. The molecule has 0 bridgehead atoms. The van der Waals surface area contributed by atoms with Crippen molar-refractivity contribution in [2.75, 3.05) is 6.61 Å². The number of nitrogens with one attached hydrogen (secondary N) is 1. The van der Waals surface area contributed by atoms with Gasteiger partial charge in [0.1, 0.15) is 12.6 Å². The van der Waals surface area contributed by atoms with Gasteiger partial charge in [0.2, 0.25) is 5.91 Å². The molecular weight excluding hydrogens is 304 g/mol. The number of carbonyl (C=O) groups is 4. The van der Waals surface area contributed by atoms with Gasteiger partial charge in [0.15, 0.2) is 0 Å². The van der Waals surface area contributed by atoms with Crippen LogP contribution < -0.4 is 5.32 Å². The molecule has 8 heteroatoms. The van der Waals surface area contributed by atoms with E-state index in [-0.39, 0.29) is 19.6 Å². The van der Waals surface area contributed by atoms with E-state index in [4.69, 9.17) is 4.74 Å². The Hall–Kier alpha value is -2.90. The summed E-state index contributed by atoms with van der Waals surface area (Å²) in [5.41, 5.74) is 0.782. The van der Waals surface area contributed by atoms with Crippen molar-refractivity contribution in [2.24, 2.45) is 0 Å². The number of likely N-dealkylation sites (tertiary alicyclic amines) is 1. The summed E-state index contributed by atoms with van der Waals surface area (Å²) in [5.74, 6) is -1.55. The third-order valence-electron chi connectivity index (χ3n) is 3.10. The van der Waals surface area contributed by atoms with Gasteiger partial charge in [-0.25, -0.2) is 9.59 Å². The lowest BCUT2D eigenvalue weighted by molar-refractivity contribution is -0.136. The average Bonchev–Trinajstić information content (AvgIpc) is 2.80. The first kappa shape index (κ1) is 16.5. The molecule has 8 nitrogen and oxygen atoms in total. The molecule has 0 aromatic heterocycles. The third-order valence-corrected chi connectivity index (χ3v) is 3.10. The summed E-state index contributed by atoms with van der Waals surface area (Å²) in [5, 5.41) is 2.28. The quantitative estimate of drug-likeness (QED) is 0.836. The van der Waals surface area contributed by atoms with Crippen molar-refractivity contribution in [1.29, 1.82) is 0 Å². The Bertz CT molecular complexity index is 616. The van der Waals surface area contributed by atoms with Crippen LogP contribution in [0.5, 0.6) is 0 Å². The van der Waals surface area contributed by atoms with Crippen LogP contribution in [0.15, 0.2) is 30.3 Å². The zero-order valence-electron chi connectivity index (χ0n) is 12.5. The summed E-state index contributed by atoms with van der Waals surface area (Å²) in [6, 6.07) is 7.85. The molecule has 4 amide bonds. The van der Waals surface area contributed by atoms with Crippen LogP contribution in [-0.2, 0) is 25.7 Å². The molecule has 0 spiro atoms. The van der Waals surface area contributed by atoms with Crippen LogP contribution in [0.25, 0.3) is 0 Å². The van der Waals surface area contributed by atoms with Gasteiger partial charge in [0, 0.05) is 0 Å². The van der Waals surface area contributed by atoms with Gasteiger partial charge in [-0.15, -0.1) is 0 Å². The minimum Gasteiger partial charge on any atom is -0.449 e. The Morgan fingerprint density at radius 1 is 1.22 bits per heavy atom. The first-order chi connectivity index (χ1) is 11.0. The Labute approximate surface area is 132 Å². The summed E-state index contributed by atoms with van der Waals surface area (Å²) in [6.07, 6.45) is -2.19. The number of hydrogen-bond acceptors (Lipinski definition) is 6. The molecule has 1 atom stereocenters. The van der Waals surface area contributed by atoms with E-state index < -0.39 is 30.0 Å². The highest BCUT2D eigenvalue weighted by Gasteiger charge is 2.44. The van der Waals surface area contributed by atoms with Gasteiger partial charge in [-0.1, -0.05) is 30.3 Å². The van der Waals surface area contributed by atoms with Crippen LogP contribution >= 0.6 is 0 Å². The molecule has 122 valence electrons. The maximum atomic E-state index is 12.0. The number of alkyl carbamates (subject to hydrolysis) is 1. The highest BCUT2D eigenvalue weighted by Crippen LogP contribution is 2.14. The number of benzene rings is 1. The maximum Gasteiger partial charge on any atom is 0.423 e. The minimum atomic E-state index is -1.13. The van der Waals surface area contributed by atoms with Crippen molar-refractivity contribution in [2.45, 2.75) is 26.0 Å². The van der Waals surface area contributed by atoms with Gasteiger partial charge in [0.05, 0.1) is 13.0 Å². The predicted molar refractivity (Wildman–Crippen MR) is 77.0 cm³/mol. The lowest BCUT2D eigenvalue weighted by Gasteiger charge is -2.13. The van der Waals surface area contributed by atoms with Crippen molar-refractivity contribution in [3.8, 4) is 0 Å². The van der Waals surface area contributed by atoms with Crippen LogP contribution in [-0.4, -0.2) is 41.5 Å². The van der Waals surface area contributed by atoms with Gasteiger partial charge in [0.25, 0.3) is 5.91 Å². The first-order valence-corrected chi connectivity index (χ1v) is 7.03. The summed E-state index contributed by atoms with van der Waals surface area (Å²) in [6.45, 7) is 1.62. The number of amides is 4. The molecule has 23 heavy (non-hydrogen) atoms. The van der Waals surface area contributed by atoms with E-state index in [1.165, 1.54) is 0 Å². The number of rotatable bonds is 4. The second-order valence-corrected chi connectivity index (χ2v) is 4.73. The topological polar surface area (TPSA) is 102 Å². The molecule has 2 rings (SSSR count). The molecule has 1 aliphatic heterocycles. The molecule has 1 aromatic carbocycles. The molecule has 0 saturated carbocycles. The van der Waals surface area contributed by atoms with Gasteiger partial charge in [-0.3, -0.25) is 9.59 Å². The van der Waals surface area contributed by atoms with Crippen LogP contribution in [0, 0.1) is 0 Å². The number of hydrogen-bond donors (Lipinski definition) is 1. The Morgan fingerprint density at radius 2 is 1.91 bits per heavy atom. The van der Waals surface area contributed by atoms with Gasteiger partial charge < -0.3 is 14.8 Å². The summed E-state index contributed by atoms with van der Waals surface area (Å²) in [4.78, 5) is 47.3. The van der Waals surface area contributed by atoms with Crippen LogP contribution in [0.4, 0.5) is 9.59 Å². The van der Waals surface area contributed by atoms with E-state index in [0.29, 0.717) is 4.90 Å². The first-order valence-electron chi connectivity index (χ1n) is 7.03. The molecule has 1 N–H and O–H groups in total. The van der Waals surface area contributed by atoms with E-state index in [0.717, 1.165) is 5.56 Å². The van der Waals surface area contributed by atoms with E-state index in [1.54, 1.807) is 31.2 Å². The fourth-order valence-corrected chi connectivity index (χ4v) is 2.03. The monoisotopic (exact) mass is 320 g/mol. The van der Waals surface area contributed by atoms with E-state index in [9.17, 15) is 19.2 Å². The van der Waals surface area contributed by atoms with Gasteiger partial charge >= 0.3 is 12.2 Å². The normalized spacial score (nSPS) is 17.1. The van der Waals surface area contributed by atoms with Crippen LogP contribution in [0.3, 0.4) is 0 Å². The molecule has 0 aliphatic carbocycles. The minimum absolute atomic E-state index is 0.0309. The zero-order valence-corrected chi connectivity index (χ0v) is 12.5. The molecule has 1 aromatic rings. The molecule has 1 heterocycles.